The van der Waals surface area contributed by atoms with E-state index in [4.69, 9.17) is 0 Å². The maximum Gasteiger partial charge on any atom is 0.573 e. The van der Waals surface area contributed by atoms with Crippen LogP contribution >= 0.6 is 0 Å². The van der Waals surface area contributed by atoms with E-state index >= 15 is 0 Å². The lowest BCUT2D eigenvalue weighted by atomic mass is 9.81. The second-order valence-corrected chi connectivity index (χ2v) is 7.32. The summed E-state index contributed by atoms with van der Waals surface area (Å²) in [5.74, 6) is -0.871. The maximum atomic E-state index is 13.2. The summed E-state index contributed by atoms with van der Waals surface area (Å²) in [6.45, 7) is 0.846. The van der Waals surface area contributed by atoms with Gasteiger partial charge in [0.2, 0.25) is 5.91 Å². The average Bonchev–Trinajstić information content (AvgIpc) is 3.08. The molecule has 4 nitrogen and oxygen atoms in total. The standard InChI is InChI=1S/C23H21F3N2O2/c24-23(25,26)30-18-12-10-17(11-13-18)27-22(29)19-8-4-14-28-15-5-9-20(28)21(19)16-6-2-1-3-7-16/h1-3,5-7,9-13,15,19,21H,4,8,14H2,(H,27,29)/t19-,21+/m0/s1. The van der Waals surface area contributed by atoms with Crippen molar-refractivity contribution < 1.29 is 22.7 Å². The molecule has 0 spiro atoms. The number of fused-ring (bicyclic) bond motifs is 1. The van der Waals surface area contributed by atoms with Crippen molar-refractivity contribution in [1.82, 2.24) is 4.57 Å². The van der Waals surface area contributed by atoms with Crippen molar-refractivity contribution in [3.05, 3.63) is 84.2 Å². The first-order chi connectivity index (χ1) is 14.4. The first-order valence-corrected chi connectivity index (χ1v) is 9.77. The van der Waals surface area contributed by atoms with Crippen LogP contribution in [-0.2, 0) is 11.3 Å². The predicted octanol–water partition coefficient (Wildman–Crippen LogP) is 5.57. The van der Waals surface area contributed by atoms with Crippen LogP contribution in [0.2, 0.25) is 0 Å². The molecule has 2 aromatic carbocycles. The fraction of sp³-hybridized carbons (Fsp3) is 0.261. The van der Waals surface area contributed by atoms with E-state index in [0.29, 0.717) is 12.1 Å². The summed E-state index contributed by atoms with van der Waals surface area (Å²) >= 11 is 0. The molecular formula is C23H21F3N2O2. The first-order valence-electron chi connectivity index (χ1n) is 9.77. The topological polar surface area (TPSA) is 43.3 Å². The Hall–Kier alpha value is -3.22. The van der Waals surface area contributed by atoms with Gasteiger partial charge in [-0.15, -0.1) is 13.2 Å². The molecule has 0 radical (unpaired) electrons. The van der Waals surface area contributed by atoms with E-state index in [2.05, 4.69) is 14.6 Å². The molecule has 2 heterocycles. The molecule has 0 saturated carbocycles. The van der Waals surface area contributed by atoms with Gasteiger partial charge < -0.3 is 14.6 Å². The highest BCUT2D eigenvalue weighted by atomic mass is 19.4. The minimum atomic E-state index is -4.75. The van der Waals surface area contributed by atoms with E-state index in [1.165, 1.54) is 24.3 Å². The number of aromatic nitrogens is 1. The van der Waals surface area contributed by atoms with Crippen LogP contribution in [0.4, 0.5) is 18.9 Å². The van der Waals surface area contributed by atoms with Crippen LogP contribution in [0.1, 0.15) is 30.0 Å². The molecule has 1 aliphatic rings. The number of rotatable bonds is 4. The van der Waals surface area contributed by atoms with Gasteiger partial charge in [-0.3, -0.25) is 4.79 Å². The number of anilines is 1. The molecule has 1 aliphatic heterocycles. The van der Waals surface area contributed by atoms with E-state index in [9.17, 15) is 18.0 Å². The van der Waals surface area contributed by atoms with Crippen LogP contribution in [-0.4, -0.2) is 16.8 Å². The minimum absolute atomic E-state index is 0.100. The monoisotopic (exact) mass is 414 g/mol. The Morgan fingerprint density at radius 2 is 1.73 bits per heavy atom. The molecule has 1 aromatic heterocycles. The highest BCUT2D eigenvalue weighted by Gasteiger charge is 2.34. The summed E-state index contributed by atoms with van der Waals surface area (Å²) in [6.07, 6.45) is -1.14. The highest BCUT2D eigenvalue weighted by Crippen LogP contribution is 2.38. The number of carbonyl (C=O) groups is 1. The second-order valence-electron chi connectivity index (χ2n) is 7.32. The van der Waals surface area contributed by atoms with Gasteiger partial charge in [0.25, 0.3) is 0 Å². The number of alkyl halides is 3. The summed E-state index contributed by atoms with van der Waals surface area (Å²) in [5.41, 5.74) is 2.59. The van der Waals surface area contributed by atoms with Crippen molar-refractivity contribution in [3.63, 3.8) is 0 Å². The summed E-state index contributed by atoms with van der Waals surface area (Å²) in [7, 11) is 0. The van der Waals surface area contributed by atoms with Gasteiger partial charge in [-0.25, -0.2) is 0 Å². The molecule has 7 heteroatoms. The zero-order chi connectivity index (χ0) is 21.1. The molecule has 3 aromatic rings. The van der Waals surface area contributed by atoms with Gasteiger partial charge in [-0.05, 0) is 54.8 Å². The molecular weight excluding hydrogens is 393 g/mol. The Morgan fingerprint density at radius 1 is 1.00 bits per heavy atom. The zero-order valence-corrected chi connectivity index (χ0v) is 16.1. The molecule has 0 unspecified atom stereocenters. The van der Waals surface area contributed by atoms with Gasteiger partial charge in [-0.2, -0.15) is 0 Å². The van der Waals surface area contributed by atoms with Crippen LogP contribution in [0, 0.1) is 5.92 Å². The molecule has 2 atom stereocenters. The van der Waals surface area contributed by atoms with Crippen LogP contribution in [0.3, 0.4) is 0 Å². The SMILES string of the molecule is O=C(Nc1ccc(OC(F)(F)F)cc1)[C@H]1CCCn2cccc2[C@@H]1c1ccccc1. The van der Waals surface area contributed by atoms with Crippen LogP contribution in [0.15, 0.2) is 72.9 Å². The molecule has 156 valence electrons. The number of hydrogen-bond donors (Lipinski definition) is 1. The molecule has 0 aliphatic carbocycles. The summed E-state index contributed by atoms with van der Waals surface area (Å²) in [6, 6.07) is 19.2. The summed E-state index contributed by atoms with van der Waals surface area (Å²) in [5, 5.41) is 2.87. The first kappa shape index (κ1) is 20.1. The normalized spacial score (nSPS) is 18.9. The van der Waals surface area contributed by atoms with Gasteiger partial charge in [-0.1, -0.05) is 30.3 Å². The summed E-state index contributed by atoms with van der Waals surface area (Å²) < 4.78 is 43.1. The van der Waals surface area contributed by atoms with E-state index in [1.54, 1.807) is 0 Å². The van der Waals surface area contributed by atoms with Gasteiger partial charge >= 0.3 is 6.36 Å². The molecule has 0 fully saturated rings. The molecule has 30 heavy (non-hydrogen) atoms. The van der Waals surface area contributed by atoms with Crippen molar-refractivity contribution in [2.75, 3.05) is 5.32 Å². The van der Waals surface area contributed by atoms with E-state index in [-0.39, 0.29) is 23.5 Å². The smallest absolute Gasteiger partial charge is 0.406 e. The lowest BCUT2D eigenvalue weighted by Crippen LogP contribution is -2.28. The Bertz CT molecular complexity index is 997. The van der Waals surface area contributed by atoms with Gasteiger partial charge in [0.05, 0.1) is 5.92 Å². The van der Waals surface area contributed by atoms with Gasteiger partial charge in [0.1, 0.15) is 5.75 Å². The molecule has 1 N–H and O–H groups in total. The van der Waals surface area contributed by atoms with Crippen molar-refractivity contribution in [2.45, 2.75) is 31.7 Å². The Morgan fingerprint density at radius 3 is 2.43 bits per heavy atom. The predicted molar refractivity (Wildman–Crippen MR) is 107 cm³/mol. The third-order valence-electron chi connectivity index (χ3n) is 5.35. The zero-order valence-electron chi connectivity index (χ0n) is 16.1. The summed E-state index contributed by atoms with van der Waals surface area (Å²) in [4.78, 5) is 13.2. The lowest BCUT2D eigenvalue weighted by molar-refractivity contribution is -0.274. The number of aryl methyl sites for hydroxylation is 1. The van der Waals surface area contributed by atoms with Gasteiger partial charge in [0, 0.05) is 30.0 Å². The number of ether oxygens (including phenoxy) is 1. The number of nitrogens with zero attached hydrogens (tertiary/aromatic N) is 1. The van der Waals surface area contributed by atoms with Crippen molar-refractivity contribution >= 4 is 11.6 Å². The third kappa shape index (κ3) is 4.50. The Balaban J connectivity index is 1.57. The quantitative estimate of drug-likeness (QED) is 0.607. The van der Waals surface area contributed by atoms with Crippen LogP contribution in [0.25, 0.3) is 0 Å². The van der Waals surface area contributed by atoms with E-state index < -0.39 is 6.36 Å². The number of nitrogens with one attached hydrogen (secondary N) is 1. The minimum Gasteiger partial charge on any atom is -0.406 e. The largest absolute Gasteiger partial charge is 0.573 e. The molecule has 0 bridgehead atoms. The maximum absolute atomic E-state index is 13.2. The number of amides is 1. The number of halogens is 3. The molecule has 0 saturated heterocycles. The van der Waals surface area contributed by atoms with E-state index in [1.807, 2.05) is 48.7 Å². The van der Waals surface area contributed by atoms with Crippen molar-refractivity contribution in [2.24, 2.45) is 5.92 Å². The number of hydrogen-bond acceptors (Lipinski definition) is 2. The van der Waals surface area contributed by atoms with Crippen molar-refractivity contribution in [1.29, 1.82) is 0 Å². The van der Waals surface area contributed by atoms with Crippen molar-refractivity contribution in [3.8, 4) is 5.75 Å². The molecule has 1 amide bonds. The lowest BCUT2D eigenvalue weighted by Gasteiger charge is -2.25. The van der Waals surface area contributed by atoms with Gasteiger partial charge in [0.15, 0.2) is 0 Å². The van der Waals surface area contributed by atoms with E-state index in [0.717, 1.165) is 24.2 Å². The third-order valence-corrected chi connectivity index (χ3v) is 5.35. The Kier molecular flexibility index (Phi) is 5.53. The fourth-order valence-corrected chi connectivity index (χ4v) is 4.09. The second kappa shape index (κ2) is 8.26. The number of benzene rings is 2. The Labute approximate surface area is 172 Å². The average molecular weight is 414 g/mol. The highest BCUT2D eigenvalue weighted by molar-refractivity contribution is 5.93. The molecule has 4 rings (SSSR count). The van der Waals surface area contributed by atoms with Crippen LogP contribution < -0.4 is 10.1 Å². The van der Waals surface area contributed by atoms with Crippen LogP contribution in [0.5, 0.6) is 5.75 Å². The fourth-order valence-electron chi connectivity index (χ4n) is 4.09. The number of carbonyl (C=O) groups excluding carboxylic acids is 1.